The van der Waals surface area contributed by atoms with Crippen LogP contribution in [-0.4, -0.2) is 37.0 Å². The van der Waals surface area contributed by atoms with Crippen LogP contribution in [0.1, 0.15) is 23.3 Å². The first kappa shape index (κ1) is 16.7. The molecule has 0 spiro atoms. The summed E-state index contributed by atoms with van der Waals surface area (Å²) >= 11 is 0. The molecule has 0 aromatic heterocycles. The standard InChI is InChI=1S/C20H20O7/c1-23-15-6-10(2-4-13(15)21)18-12-8-24-19(17(12)20(22)27-18)11-3-5-14-16(7-11)26-9-25-14/h2-7,12,17-22H,8-9H2,1H3/t12-,17-,18+,19+,20?/m1/s1. The van der Waals surface area contributed by atoms with Crippen LogP contribution in [0.4, 0.5) is 0 Å². The van der Waals surface area contributed by atoms with Gasteiger partial charge in [-0.05, 0) is 35.4 Å². The first-order chi connectivity index (χ1) is 13.2. The van der Waals surface area contributed by atoms with Crippen molar-refractivity contribution in [3.05, 3.63) is 47.5 Å². The zero-order valence-electron chi connectivity index (χ0n) is 14.7. The molecule has 7 nitrogen and oxygen atoms in total. The van der Waals surface area contributed by atoms with Crippen molar-refractivity contribution in [2.45, 2.75) is 18.5 Å². The van der Waals surface area contributed by atoms with E-state index in [9.17, 15) is 10.2 Å². The van der Waals surface area contributed by atoms with Crippen molar-refractivity contribution in [3.63, 3.8) is 0 Å². The highest BCUT2D eigenvalue weighted by Gasteiger charge is 2.53. The summed E-state index contributed by atoms with van der Waals surface area (Å²) < 4.78 is 27.9. The lowest BCUT2D eigenvalue weighted by Gasteiger charge is -2.20. The number of phenols is 1. The normalized spacial score (nSPS) is 31.1. The molecule has 0 amide bonds. The van der Waals surface area contributed by atoms with Gasteiger partial charge in [-0.25, -0.2) is 0 Å². The van der Waals surface area contributed by atoms with Gasteiger partial charge in [-0.15, -0.1) is 0 Å². The van der Waals surface area contributed by atoms with Gasteiger partial charge in [0.15, 0.2) is 29.3 Å². The molecule has 0 aliphatic carbocycles. The molecular formula is C20H20O7. The highest BCUT2D eigenvalue weighted by molar-refractivity contribution is 5.46. The van der Waals surface area contributed by atoms with E-state index in [2.05, 4.69) is 0 Å². The highest BCUT2D eigenvalue weighted by Crippen LogP contribution is 2.53. The van der Waals surface area contributed by atoms with E-state index in [1.165, 1.54) is 7.11 Å². The van der Waals surface area contributed by atoms with Crippen molar-refractivity contribution in [2.24, 2.45) is 11.8 Å². The van der Waals surface area contributed by atoms with Gasteiger partial charge in [-0.2, -0.15) is 0 Å². The first-order valence-corrected chi connectivity index (χ1v) is 8.87. The maximum absolute atomic E-state index is 10.6. The molecule has 2 aromatic carbocycles. The summed E-state index contributed by atoms with van der Waals surface area (Å²) in [5.74, 6) is 1.63. The number of aromatic hydroxyl groups is 1. The number of rotatable bonds is 3. The van der Waals surface area contributed by atoms with Crippen LogP contribution in [0.15, 0.2) is 36.4 Å². The Morgan fingerprint density at radius 1 is 1.00 bits per heavy atom. The van der Waals surface area contributed by atoms with Gasteiger partial charge < -0.3 is 33.9 Å². The molecule has 0 bridgehead atoms. The topological polar surface area (TPSA) is 86.6 Å². The van der Waals surface area contributed by atoms with Crippen molar-refractivity contribution < 1.29 is 33.9 Å². The largest absolute Gasteiger partial charge is 0.504 e. The van der Waals surface area contributed by atoms with E-state index in [-0.39, 0.29) is 36.6 Å². The lowest BCUT2D eigenvalue weighted by Crippen LogP contribution is -2.22. The molecular weight excluding hydrogens is 352 g/mol. The van der Waals surface area contributed by atoms with Gasteiger partial charge in [-0.1, -0.05) is 12.1 Å². The molecule has 0 saturated carbocycles. The minimum absolute atomic E-state index is 0.00956. The second-order valence-electron chi connectivity index (χ2n) is 6.99. The van der Waals surface area contributed by atoms with E-state index >= 15 is 0 Å². The predicted octanol–water partition coefficient (Wildman–Crippen LogP) is 2.52. The molecule has 0 radical (unpaired) electrons. The zero-order chi connectivity index (χ0) is 18.5. The Morgan fingerprint density at radius 3 is 2.63 bits per heavy atom. The van der Waals surface area contributed by atoms with Gasteiger partial charge in [0.1, 0.15) is 0 Å². The number of hydrogen-bond acceptors (Lipinski definition) is 7. The highest BCUT2D eigenvalue weighted by atomic mass is 16.7. The number of benzene rings is 2. The van der Waals surface area contributed by atoms with Crippen molar-refractivity contribution in [2.75, 3.05) is 20.5 Å². The van der Waals surface area contributed by atoms with Crippen LogP contribution >= 0.6 is 0 Å². The van der Waals surface area contributed by atoms with Crippen LogP contribution in [0.2, 0.25) is 0 Å². The Hall–Kier alpha value is -2.48. The molecule has 2 N–H and O–H groups in total. The fourth-order valence-electron chi connectivity index (χ4n) is 4.26. The van der Waals surface area contributed by atoms with Crippen molar-refractivity contribution in [3.8, 4) is 23.0 Å². The average Bonchev–Trinajstić information content (AvgIpc) is 3.38. The van der Waals surface area contributed by atoms with Crippen molar-refractivity contribution >= 4 is 0 Å². The molecule has 3 heterocycles. The Labute approximate surface area is 156 Å². The smallest absolute Gasteiger partial charge is 0.231 e. The van der Waals surface area contributed by atoms with E-state index in [1.54, 1.807) is 18.2 Å². The van der Waals surface area contributed by atoms with Gasteiger partial charge in [0.2, 0.25) is 6.79 Å². The van der Waals surface area contributed by atoms with Crippen molar-refractivity contribution in [1.29, 1.82) is 0 Å². The Kier molecular flexibility index (Phi) is 3.89. The average molecular weight is 372 g/mol. The second kappa shape index (κ2) is 6.30. The number of aliphatic hydroxyl groups is 1. The summed E-state index contributed by atoms with van der Waals surface area (Å²) in [4.78, 5) is 0. The van der Waals surface area contributed by atoms with Gasteiger partial charge in [0.25, 0.3) is 0 Å². The number of ether oxygens (including phenoxy) is 5. The van der Waals surface area contributed by atoms with Crippen LogP contribution < -0.4 is 14.2 Å². The lowest BCUT2D eigenvalue weighted by atomic mass is 9.84. The summed E-state index contributed by atoms with van der Waals surface area (Å²) in [6.45, 7) is 0.682. The third kappa shape index (κ3) is 2.62. The second-order valence-corrected chi connectivity index (χ2v) is 6.99. The molecule has 142 valence electrons. The van der Waals surface area contributed by atoms with Gasteiger partial charge in [-0.3, -0.25) is 0 Å². The third-order valence-electron chi connectivity index (χ3n) is 5.57. The molecule has 2 aromatic rings. The lowest BCUT2D eigenvalue weighted by molar-refractivity contribution is -0.134. The molecule has 7 heteroatoms. The number of fused-ring (bicyclic) bond motifs is 2. The molecule has 1 unspecified atom stereocenters. The molecule has 3 aliphatic heterocycles. The van der Waals surface area contributed by atoms with E-state index in [0.717, 1.165) is 11.1 Å². The summed E-state index contributed by atoms with van der Waals surface area (Å²) in [5, 5.41) is 20.4. The summed E-state index contributed by atoms with van der Waals surface area (Å²) in [6, 6.07) is 10.8. The van der Waals surface area contributed by atoms with Crippen LogP contribution in [0.25, 0.3) is 0 Å². The molecule has 5 atom stereocenters. The number of methoxy groups -OCH3 is 1. The van der Waals surface area contributed by atoms with Gasteiger partial charge in [0.05, 0.1) is 25.9 Å². The van der Waals surface area contributed by atoms with E-state index in [4.69, 9.17) is 23.7 Å². The monoisotopic (exact) mass is 372 g/mol. The van der Waals surface area contributed by atoms with E-state index < -0.39 is 6.29 Å². The SMILES string of the molecule is COc1cc([C@@H]2OC(O)[C@@H]3[C@H]2CO[C@H]3c2ccc3c(c2)OCO3)ccc1O. The fraction of sp³-hybridized carbons (Fsp3) is 0.400. The van der Waals surface area contributed by atoms with Gasteiger partial charge >= 0.3 is 0 Å². The molecule has 27 heavy (non-hydrogen) atoms. The molecule has 3 aliphatic rings. The fourth-order valence-corrected chi connectivity index (χ4v) is 4.26. The van der Waals surface area contributed by atoms with Gasteiger partial charge in [0, 0.05) is 11.8 Å². The van der Waals surface area contributed by atoms with Crippen LogP contribution in [0.5, 0.6) is 23.0 Å². The summed E-state index contributed by atoms with van der Waals surface area (Å²) in [5.41, 5.74) is 1.77. The summed E-state index contributed by atoms with van der Waals surface area (Å²) in [7, 11) is 1.50. The Balaban J connectivity index is 1.43. The minimum atomic E-state index is -0.947. The number of hydrogen-bond donors (Lipinski definition) is 2. The quantitative estimate of drug-likeness (QED) is 0.856. The van der Waals surface area contributed by atoms with E-state index in [1.807, 2.05) is 18.2 Å². The van der Waals surface area contributed by atoms with Crippen molar-refractivity contribution in [1.82, 2.24) is 0 Å². The molecule has 2 fully saturated rings. The zero-order valence-corrected chi connectivity index (χ0v) is 14.7. The minimum Gasteiger partial charge on any atom is -0.504 e. The number of phenolic OH excluding ortho intramolecular Hbond substituents is 1. The number of aliphatic hydroxyl groups excluding tert-OH is 1. The van der Waals surface area contributed by atoms with Crippen LogP contribution in [-0.2, 0) is 9.47 Å². The Morgan fingerprint density at radius 2 is 1.78 bits per heavy atom. The first-order valence-electron chi connectivity index (χ1n) is 8.87. The maximum Gasteiger partial charge on any atom is 0.231 e. The Bertz CT molecular complexity index is 858. The maximum atomic E-state index is 10.6. The third-order valence-corrected chi connectivity index (χ3v) is 5.57. The predicted molar refractivity (Wildman–Crippen MR) is 92.7 cm³/mol. The summed E-state index contributed by atoms with van der Waals surface area (Å²) in [6.07, 6.45) is -1.57. The van der Waals surface area contributed by atoms with Crippen LogP contribution in [0.3, 0.4) is 0 Å². The molecule has 5 rings (SSSR count). The molecule has 2 saturated heterocycles. The van der Waals surface area contributed by atoms with E-state index in [0.29, 0.717) is 23.9 Å². The van der Waals surface area contributed by atoms with Crippen LogP contribution in [0, 0.1) is 11.8 Å².